The average molecular weight is 378 g/mol. The molecule has 10 heteroatoms. The number of aryl methyl sites for hydroxylation is 1. The zero-order valence-corrected chi connectivity index (χ0v) is 14.8. The fourth-order valence-corrected chi connectivity index (χ4v) is 4.85. The van der Waals surface area contributed by atoms with Crippen molar-refractivity contribution in [2.75, 3.05) is 19.6 Å². The number of hydrogen-bond acceptors (Lipinski definition) is 5. The Kier molecular flexibility index (Phi) is 5.64. The van der Waals surface area contributed by atoms with Gasteiger partial charge in [0.2, 0.25) is 0 Å². The van der Waals surface area contributed by atoms with Crippen molar-refractivity contribution < 1.29 is 8.42 Å². The molecule has 1 aliphatic rings. The van der Waals surface area contributed by atoms with Gasteiger partial charge in [0.1, 0.15) is 0 Å². The Morgan fingerprint density at radius 2 is 2.17 bits per heavy atom. The van der Waals surface area contributed by atoms with Crippen LogP contribution in [-0.4, -0.2) is 47.1 Å². The fourth-order valence-electron chi connectivity index (χ4n) is 2.63. The van der Waals surface area contributed by atoms with Crippen LogP contribution in [0.25, 0.3) is 0 Å². The third-order valence-electron chi connectivity index (χ3n) is 3.66. The second-order valence-corrected chi connectivity index (χ2v) is 7.26. The van der Waals surface area contributed by atoms with Gasteiger partial charge in [-0.2, -0.15) is 9.40 Å². The summed E-state index contributed by atoms with van der Waals surface area (Å²) in [4.78, 5) is 4.08. The van der Waals surface area contributed by atoms with Crippen LogP contribution < -0.4 is 5.32 Å². The molecule has 0 spiro atoms. The van der Waals surface area contributed by atoms with Crippen LogP contribution in [0.15, 0.2) is 35.7 Å². The molecule has 0 radical (unpaired) electrons. The molecule has 1 atom stereocenters. The minimum atomic E-state index is -3.74. The molecular formula is C13H17Cl2N5O2S. The van der Waals surface area contributed by atoms with Gasteiger partial charge in [0.05, 0.1) is 17.3 Å². The van der Waals surface area contributed by atoms with Crippen molar-refractivity contribution in [3.05, 3.63) is 41.3 Å². The van der Waals surface area contributed by atoms with Crippen molar-refractivity contribution in [1.82, 2.24) is 24.4 Å². The van der Waals surface area contributed by atoms with Crippen molar-refractivity contribution in [2.45, 2.75) is 11.1 Å². The van der Waals surface area contributed by atoms with Gasteiger partial charge in [-0.3, -0.25) is 9.67 Å². The summed E-state index contributed by atoms with van der Waals surface area (Å²) in [6, 6.07) is 3.35. The van der Waals surface area contributed by atoms with E-state index in [0.29, 0.717) is 19.6 Å². The van der Waals surface area contributed by atoms with E-state index in [9.17, 15) is 8.42 Å². The SMILES string of the molecule is Cl.Cn1ncc(Cl)c1S(=O)(=O)N1CCNCC1c1cccnc1. The molecule has 0 aliphatic carbocycles. The van der Waals surface area contributed by atoms with Crippen molar-refractivity contribution in [2.24, 2.45) is 7.05 Å². The maximum absolute atomic E-state index is 13.0. The first kappa shape index (κ1) is 18.2. The van der Waals surface area contributed by atoms with E-state index in [2.05, 4.69) is 15.4 Å². The van der Waals surface area contributed by atoms with E-state index in [1.165, 1.54) is 15.2 Å². The highest BCUT2D eigenvalue weighted by Crippen LogP contribution is 2.31. The molecule has 0 saturated carbocycles. The number of nitrogens with zero attached hydrogens (tertiary/aromatic N) is 4. The third-order valence-corrected chi connectivity index (χ3v) is 6.08. The van der Waals surface area contributed by atoms with Gasteiger partial charge < -0.3 is 5.32 Å². The molecule has 23 heavy (non-hydrogen) atoms. The Morgan fingerprint density at radius 1 is 1.39 bits per heavy atom. The van der Waals surface area contributed by atoms with Gasteiger partial charge in [0, 0.05) is 39.1 Å². The molecule has 1 saturated heterocycles. The molecule has 1 unspecified atom stereocenters. The minimum absolute atomic E-state index is 0. The maximum atomic E-state index is 13.0. The van der Waals surface area contributed by atoms with Gasteiger partial charge >= 0.3 is 0 Å². The molecule has 1 fully saturated rings. The van der Waals surface area contributed by atoms with Crippen molar-refractivity contribution in [3.63, 3.8) is 0 Å². The second kappa shape index (κ2) is 7.14. The summed E-state index contributed by atoms with van der Waals surface area (Å²) in [6.45, 7) is 1.48. The van der Waals surface area contributed by atoms with Crippen molar-refractivity contribution in [1.29, 1.82) is 0 Å². The number of piperazine rings is 1. The van der Waals surface area contributed by atoms with E-state index >= 15 is 0 Å². The lowest BCUT2D eigenvalue weighted by molar-refractivity contribution is 0.269. The largest absolute Gasteiger partial charge is 0.313 e. The van der Waals surface area contributed by atoms with E-state index in [4.69, 9.17) is 11.6 Å². The summed E-state index contributed by atoms with van der Waals surface area (Å²) in [7, 11) is -2.17. The molecule has 2 aromatic rings. The Hall–Kier alpha value is -1.19. The molecule has 126 valence electrons. The van der Waals surface area contributed by atoms with Crippen LogP contribution in [0, 0.1) is 0 Å². The number of aromatic nitrogens is 3. The summed E-state index contributed by atoms with van der Waals surface area (Å²) in [5, 5.41) is 7.30. The molecule has 7 nitrogen and oxygen atoms in total. The van der Waals surface area contributed by atoms with E-state index < -0.39 is 10.0 Å². The van der Waals surface area contributed by atoms with E-state index in [0.717, 1.165) is 5.56 Å². The van der Waals surface area contributed by atoms with Crippen molar-refractivity contribution >= 4 is 34.0 Å². The minimum Gasteiger partial charge on any atom is -0.313 e. The van der Waals surface area contributed by atoms with Crippen LogP contribution in [0.3, 0.4) is 0 Å². The van der Waals surface area contributed by atoms with Gasteiger partial charge in [0.25, 0.3) is 10.0 Å². The van der Waals surface area contributed by atoms with Gasteiger partial charge in [-0.1, -0.05) is 17.7 Å². The average Bonchev–Trinajstić information content (AvgIpc) is 2.88. The van der Waals surface area contributed by atoms with Crippen LogP contribution in [-0.2, 0) is 17.1 Å². The molecule has 3 heterocycles. The first-order chi connectivity index (χ1) is 10.5. The number of hydrogen-bond donors (Lipinski definition) is 1. The van der Waals surface area contributed by atoms with Crippen LogP contribution in [0.2, 0.25) is 5.02 Å². The number of pyridine rings is 1. The Morgan fingerprint density at radius 3 is 2.78 bits per heavy atom. The van der Waals surface area contributed by atoms with E-state index in [1.807, 2.05) is 6.07 Å². The molecule has 0 aromatic carbocycles. The predicted octanol–water partition coefficient (Wildman–Crippen LogP) is 1.23. The molecule has 3 rings (SSSR count). The van der Waals surface area contributed by atoms with Crippen LogP contribution >= 0.6 is 24.0 Å². The van der Waals surface area contributed by atoms with Gasteiger partial charge in [0.15, 0.2) is 5.03 Å². The Balaban J connectivity index is 0.00000192. The molecular weight excluding hydrogens is 361 g/mol. The van der Waals surface area contributed by atoms with Gasteiger partial charge in [-0.25, -0.2) is 8.42 Å². The topological polar surface area (TPSA) is 80.1 Å². The number of rotatable bonds is 3. The number of nitrogens with one attached hydrogen (secondary N) is 1. The standard InChI is InChI=1S/C13H16ClN5O2S.ClH/c1-18-13(11(14)8-17-18)22(20,21)19-6-5-16-9-12(19)10-3-2-4-15-7-10;/h2-4,7-8,12,16H,5-6,9H2,1H3;1H. The highest BCUT2D eigenvalue weighted by atomic mass is 35.5. The molecule has 1 N–H and O–H groups in total. The number of halogens is 2. The van der Waals surface area contributed by atoms with Crippen LogP contribution in [0.1, 0.15) is 11.6 Å². The third kappa shape index (κ3) is 3.36. The van der Waals surface area contributed by atoms with Crippen molar-refractivity contribution in [3.8, 4) is 0 Å². The normalized spacial score (nSPS) is 19.3. The smallest absolute Gasteiger partial charge is 0.262 e. The highest BCUT2D eigenvalue weighted by molar-refractivity contribution is 7.89. The zero-order valence-electron chi connectivity index (χ0n) is 12.4. The molecule has 2 aromatic heterocycles. The Labute approximate surface area is 146 Å². The zero-order chi connectivity index (χ0) is 15.7. The van der Waals surface area contributed by atoms with Crippen LogP contribution in [0.4, 0.5) is 0 Å². The quantitative estimate of drug-likeness (QED) is 0.869. The highest BCUT2D eigenvalue weighted by Gasteiger charge is 2.37. The number of sulfonamides is 1. The summed E-state index contributed by atoms with van der Waals surface area (Å²) >= 11 is 6.03. The Bertz CT molecular complexity index is 746. The van der Waals surface area contributed by atoms with Gasteiger partial charge in [-0.15, -0.1) is 12.4 Å². The first-order valence-electron chi connectivity index (χ1n) is 6.82. The summed E-state index contributed by atoms with van der Waals surface area (Å²) in [5.41, 5.74) is 0.844. The fraction of sp³-hybridized carbons (Fsp3) is 0.385. The maximum Gasteiger partial charge on any atom is 0.262 e. The predicted molar refractivity (Wildman–Crippen MR) is 89.2 cm³/mol. The van der Waals surface area contributed by atoms with E-state index in [1.54, 1.807) is 25.5 Å². The summed E-state index contributed by atoms with van der Waals surface area (Å²) < 4.78 is 28.8. The monoisotopic (exact) mass is 377 g/mol. The first-order valence-corrected chi connectivity index (χ1v) is 8.63. The van der Waals surface area contributed by atoms with Gasteiger partial charge in [-0.05, 0) is 11.6 Å². The van der Waals surface area contributed by atoms with E-state index in [-0.39, 0.29) is 28.5 Å². The lowest BCUT2D eigenvalue weighted by Crippen LogP contribution is -2.49. The lowest BCUT2D eigenvalue weighted by Gasteiger charge is -2.35. The molecule has 1 aliphatic heterocycles. The summed E-state index contributed by atoms with van der Waals surface area (Å²) in [5.74, 6) is 0. The molecule has 0 amide bonds. The lowest BCUT2D eigenvalue weighted by atomic mass is 10.1. The van der Waals surface area contributed by atoms with Crippen LogP contribution in [0.5, 0.6) is 0 Å². The molecule has 0 bridgehead atoms. The second-order valence-electron chi connectivity index (χ2n) is 5.04. The summed E-state index contributed by atoms with van der Waals surface area (Å²) in [6.07, 6.45) is 4.69.